The number of carbonyl (C=O) groups is 2. The summed E-state index contributed by atoms with van der Waals surface area (Å²) in [5.74, 6) is -1.79. The first-order valence-electron chi connectivity index (χ1n) is 6.22. The molecule has 0 saturated heterocycles. The van der Waals surface area contributed by atoms with Crippen LogP contribution in [0.1, 0.15) is 34.6 Å². The van der Waals surface area contributed by atoms with E-state index in [1.165, 1.54) is 4.90 Å². The van der Waals surface area contributed by atoms with Crippen molar-refractivity contribution in [2.24, 2.45) is 0 Å². The lowest BCUT2D eigenvalue weighted by molar-refractivity contribution is -0.384. The molecule has 0 bridgehead atoms. The minimum absolute atomic E-state index is 0.0234. The molecule has 0 aliphatic carbocycles. The van der Waals surface area contributed by atoms with Crippen molar-refractivity contribution in [2.75, 3.05) is 13.1 Å². The largest absolute Gasteiger partial charge is 0.478 e. The summed E-state index contributed by atoms with van der Waals surface area (Å²) in [6.07, 6.45) is 0. The predicted octanol–water partition coefficient (Wildman–Crippen LogP) is 2.33. The molecule has 0 fully saturated rings. The summed E-state index contributed by atoms with van der Waals surface area (Å²) in [5, 5.41) is 19.8. The van der Waals surface area contributed by atoms with Crippen LogP contribution in [0.4, 0.5) is 5.69 Å². The molecular weight excluding hydrogens is 276 g/mol. The maximum Gasteiger partial charge on any atom is 0.335 e. The smallest absolute Gasteiger partial charge is 0.335 e. The highest BCUT2D eigenvalue weighted by atomic mass is 16.6. The number of aromatic carboxylic acids is 1. The van der Waals surface area contributed by atoms with Crippen molar-refractivity contribution in [3.05, 3.63) is 51.6 Å². The van der Waals surface area contributed by atoms with E-state index in [0.717, 1.165) is 23.8 Å². The average molecular weight is 292 g/mol. The Morgan fingerprint density at radius 3 is 2.33 bits per heavy atom. The second kappa shape index (κ2) is 6.65. The van der Waals surface area contributed by atoms with E-state index in [2.05, 4.69) is 6.58 Å². The highest BCUT2D eigenvalue weighted by Crippen LogP contribution is 2.19. The molecule has 0 spiro atoms. The average Bonchev–Trinajstić information content (AvgIpc) is 2.43. The van der Waals surface area contributed by atoms with E-state index in [9.17, 15) is 19.7 Å². The second-order valence-corrected chi connectivity index (χ2v) is 4.61. The van der Waals surface area contributed by atoms with Crippen molar-refractivity contribution < 1.29 is 19.6 Å². The van der Waals surface area contributed by atoms with Crippen molar-refractivity contribution in [1.29, 1.82) is 0 Å². The van der Waals surface area contributed by atoms with E-state index in [0.29, 0.717) is 13.1 Å². The van der Waals surface area contributed by atoms with E-state index < -0.39 is 22.5 Å². The summed E-state index contributed by atoms with van der Waals surface area (Å²) in [6.45, 7) is 7.92. The third kappa shape index (κ3) is 4.13. The van der Waals surface area contributed by atoms with Crippen LogP contribution in [-0.4, -0.2) is 39.9 Å². The Morgan fingerprint density at radius 1 is 1.33 bits per heavy atom. The van der Waals surface area contributed by atoms with Crippen LogP contribution in [0.3, 0.4) is 0 Å². The van der Waals surface area contributed by atoms with Gasteiger partial charge >= 0.3 is 5.97 Å². The number of amides is 1. The number of benzene rings is 1. The molecule has 21 heavy (non-hydrogen) atoms. The van der Waals surface area contributed by atoms with Crippen molar-refractivity contribution in [2.45, 2.75) is 13.8 Å². The molecule has 0 aromatic heterocycles. The van der Waals surface area contributed by atoms with E-state index in [-0.39, 0.29) is 11.1 Å². The van der Waals surface area contributed by atoms with E-state index in [4.69, 9.17) is 5.11 Å². The van der Waals surface area contributed by atoms with Gasteiger partial charge < -0.3 is 10.0 Å². The highest BCUT2D eigenvalue weighted by Gasteiger charge is 2.20. The number of nitro groups is 1. The molecule has 7 nitrogen and oxygen atoms in total. The van der Waals surface area contributed by atoms with Crippen LogP contribution < -0.4 is 0 Å². The molecule has 1 aromatic rings. The normalized spacial score (nSPS) is 10.0. The number of hydrogen-bond donors (Lipinski definition) is 1. The van der Waals surface area contributed by atoms with Crippen molar-refractivity contribution in [3.8, 4) is 0 Å². The van der Waals surface area contributed by atoms with Gasteiger partial charge in [-0.25, -0.2) is 4.79 Å². The van der Waals surface area contributed by atoms with Gasteiger partial charge in [-0.1, -0.05) is 12.2 Å². The molecule has 0 aliphatic heterocycles. The van der Waals surface area contributed by atoms with E-state index in [1.54, 1.807) is 13.8 Å². The summed E-state index contributed by atoms with van der Waals surface area (Å²) in [7, 11) is 0. The molecule has 0 heterocycles. The van der Waals surface area contributed by atoms with Crippen LogP contribution in [0.5, 0.6) is 0 Å². The van der Waals surface area contributed by atoms with Gasteiger partial charge in [-0.05, 0) is 19.9 Å². The lowest BCUT2D eigenvalue weighted by atomic mass is 10.1. The quantitative estimate of drug-likeness (QED) is 0.492. The lowest BCUT2D eigenvalue weighted by Crippen LogP contribution is -2.32. The number of carbonyl (C=O) groups excluding carboxylic acids is 1. The fourth-order valence-corrected chi connectivity index (χ4v) is 1.80. The summed E-state index contributed by atoms with van der Waals surface area (Å²) >= 11 is 0. The van der Waals surface area contributed by atoms with Gasteiger partial charge in [0, 0.05) is 30.8 Å². The molecule has 1 amide bonds. The molecule has 0 unspecified atom stereocenters. The Hall–Kier alpha value is -2.70. The molecule has 1 rings (SSSR count). The number of hydrogen-bond acceptors (Lipinski definition) is 4. The van der Waals surface area contributed by atoms with Crippen LogP contribution in [-0.2, 0) is 0 Å². The SMILES string of the molecule is C=C(C)CN(CC)C(=O)c1cc(C(=O)O)cc([N+](=O)[O-])c1. The van der Waals surface area contributed by atoms with Gasteiger partial charge in [0.1, 0.15) is 0 Å². The molecule has 112 valence electrons. The first kappa shape index (κ1) is 16.4. The van der Waals surface area contributed by atoms with Crippen LogP contribution in [0.25, 0.3) is 0 Å². The molecule has 7 heteroatoms. The van der Waals surface area contributed by atoms with Gasteiger partial charge in [-0.3, -0.25) is 14.9 Å². The van der Waals surface area contributed by atoms with Crippen LogP contribution >= 0.6 is 0 Å². The zero-order valence-electron chi connectivity index (χ0n) is 11.8. The van der Waals surface area contributed by atoms with Crippen LogP contribution in [0.15, 0.2) is 30.4 Å². The fraction of sp³-hybridized carbons (Fsp3) is 0.286. The fourth-order valence-electron chi connectivity index (χ4n) is 1.80. The predicted molar refractivity (Wildman–Crippen MR) is 76.4 cm³/mol. The summed E-state index contributed by atoms with van der Waals surface area (Å²) in [4.78, 5) is 34.9. The molecule has 1 N–H and O–H groups in total. The van der Waals surface area contributed by atoms with Gasteiger partial charge in [-0.2, -0.15) is 0 Å². The van der Waals surface area contributed by atoms with Gasteiger partial charge in [0.15, 0.2) is 0 Å². The van der Waals surface area contributed by atoms with E-state index >= 15 is 0 Å². The van der Waals surface area contributed by atoms with Crippen molar-refractivity contribution in [1.82, 2.24) is 4.90 Å². The molecule has 0 radical (unpaired) electrons. The Labute approximate surface area is 121 Å². The molecule has 0 saturated carbocycles. The summed E-state index contributed by atoms with van der Waals surface area (Å²) < 4.78 is 0. The summed E-state index contributed by atoms with van der Waals surface area (Å²) in [5.41, 5.74) is 0.0161. The maximum absolute atomic E-state index is 12.3. The molecule has 0 atom stereocenters. The Bertz CT molecular complexity index is 577. The van der Waals surface area contributed by atoms with Crippen LogP contribution in [0, 0.1) is 10.1 Å². The Morgan fingerprint density at radius 2 is 1.90 bits per heavy atom. The van der Waals surface area contributed by atoms with Gasteiger partial charge in [0.05, 0.1) is 10.5 Å². The third-order valence-corrected chi connectivity index (χ3v) is 2.75. The minimum atomic E-state index is -1.32. The molecular formula is C14H16N2O5. The highest BCUT2D eigenvalue weighted by molar-refractivity contribution is 5.98. The number of nitro benzene ring substituents is 1. The second-order valence-electron chi connectivity index (χ2n) is 4.61. The number of nitrogens with zero attached hydrogens (tertiary/aromatic N) is 2. The van der Waals surface area contributed by atoms with E-state index in [1.807, 2.05) is 0 Å². The first-order chi connectivity index (χ1) is 9.76. The molecule has 0 aliphatic rings. The number of rotatable bonds is 6. The first-order valence-corrected chi connectivity index (χ1v) is 6.22. The number of non-ortho nitro benzene ring substituents is 1. The third-order valence-electron chi connectivity index (χ3n) is 2.75. The zero-order chi connectivity index (χ0) is 16.2. The number of likely N-dealkylation sites (N-methyl/N-ethyl adjacent to an activating group) is 1. The topological polar surface area (TPSA) is 101 Å². The molecule has 1 aromatic carbocycles. The monoisotopic (exact) mass is 292 g/mol. The maximum atomic E-state index is 12.3. The Balaban J connectivity index is 3.27. The Kier molecular flexibility index (Phi) is 5.18. The minimum Gasteiger partial charge on any atom is -0.478 e. The van der Waals surface area contributed by atoms with Gasteiger partial charge in [0.2, 0.25) is 0 Å². The number of carboxylic acids is 1. The van der Waals surface area contributed by atoms with Gasteiger partial charge in [0.25, 0.3) is 11.6 Å². The zero-order valence-corrected chi connectivity index (χ0v) is 11.8. The van der Waals surface area contributed by atoms with Crippen molar-refractivity contribution >= 4 is 17.6 Å². The standard InChI is InChI=1S/C14H16N2O5/c1-4-15(8-9(2)3)13(17)10-5-11(14(18)19)7-12(6-10)16(20)21/h5-7H,2,4,8H2,1,3H3,(H,18,19). The van der Waals surface area contributed by atoms with Crippen molar-refractivity contribution in [3.63, 3.8) is 0 Å². The lowest BCUT2D eigenvalue weighted by Gasteiger charge is -2.21. The van der Waals surface area contributed by atoms with Gasteiger partial charge in [-0.15, -0.1) is 0 Å². The summed E-state index contributed by atoms with van der Waals surface area (Å²) in [6, 6.07) is 3.14. The number of carboxylic acid groups (broad SMARTS) is 1. The van der Waals surface area contributed by atoms with Crippen LogP contribution in [0.2, 0.25) is 0 Å².